The second kappa shape index (κ2) is 5.57. The zero-order chi connectivity index (χ0) is 14.1. The molecule has 0 aliphatic heterocycles. The van der Waals surface area contributed by atoms with Crippen molar-refractivity contribution in [2.75, 3.05) is 11.9 Å². The molecule has 1 amide bonds. The van der Waals surface area contributed by atoms with E-state index < -0.39 is 0 Å². The lowest BCUT2D eigenvalue weighted by molar-refractivity contribution is -0.118. The zero-order valence-corrected chi connectivity index (χ0v) is 12.4. The number of amides is 1. The molecule has 2 aliphatic rings. The van der Waals surface area contributed by atoms with Gasteiger partial charge in [-0.2, -0.15) is 0 Å². The second-order valence-electron chi connectivity index (χ2n) is 6.40. The van der Waals surface area contributed by atoms with Gasteiger partial charge in [-0.25, -0.2) is 0 Å². The summed E-state index contributed by atoms with van der Waals surface area (Å²) in [7, 11) is 0. The Labute approximate surface area is 121 Å². The molecule has 3 nitrogen and oxygen atoms in total. The lowest BCUT2D eigenvalue weighted by Crippen LogP contribution is -2.42. The number of hydrogen-bond donors (Lipinski definition) is 1. The summed E-state index contributed by atoms with van der Waals surface area (Å²) in [5.41, 5.74) is 2.08. The third kappa shape index (κ3) is 3.40. The molecule has 1 aromatic carbocycles. The number of carbonyl (C=O) groups is 1. The van der Waals surface area contributed by atoms with Gasteiger partial charge in [-0.05, 0) is 63.1 Å². The minimum atomic E-state index is 0.120. The molecule has 108 valence electrons. The molecule has 0 bridgehead atoms. The van der Waals surface area contributed by atoms with Gasteiger partial charge in [0.25, 0.3) is 0 Å². The van der Waals surface area contributed by atoms with E-state index in [0.717, 1.165) is 11.6 Å². The maximum atomic E-state index is 12.3. The van der Waals surface area contributed by atoms with Crippen LogP contribution in [-0.2, 0) is 4.79 Å². The minimum Gasteiger partial charge on any atom is -0.325 e. The molecule has 0 spiro atoms. The first kappa shape index (κ1) is 13.6. The van der Waals surface area contributed by atoms with Crippen molar-refractivity contribution in [2.45, 2.75) is 51.6 Å². The van der Waals surface area contributed by atoms with Gasteiger partial charge in [0.1, 0.15) is 0 Å². The Bertz CT molecular complexity index is 492. The molecule has 1 atom stereocenters. The van der Waals surface area contributed by atoms with Gasteiger partial charge in [-0.15, -0.1) is 0 Å². The molecule has 1 unspecified atom stereocenters. The molecular formula is C17H24N2O. The predicted octanol–water partition coefficient (Wildman–Crippen LogP) is 3.20. The van der Waals surface area contributed by atoms with Crippen molar-refractivity contribution in [2.24, 2.45) is 5.92 Å². The summed E-state index contributed by atoms with van der Waals surface area (Å²) < 4.78 is 0. The Morgan fingerprint density at radius 1 is 1.35 bits per heavy atom. The van der Waals surface area contributed by atoms with Crippen LogP contribution in [0.25, 0.3) is 0 Å². The van der Waals surface area contributed by atoms with Crippen LogP contribution in [0, 0.1) is 12.8 Å². The summed E-state index contributed by atoms with van der Waals surface area (Å²) >= 11 is 0. The summed E-state index contributed by atoms with van der Waals surface area (Å²) in [4.78, 5) is 14.7. The third-order valence-corrected chi connectivity index (χ3v) is 4.47. The Morgan fingerprint density at radius 3 is 2.70 bits per heavy atom. The van der Waals surface area contributed by atoms with Crippen molar-refractivity contribution in [1.29, 1.82) is 0 Å². The Hall–Kier alpha value is -1.35. The van der Waals surface area contributed by atoms with Crippen molar-refractivity contribution in [3.05, 3.63) is 29.8 Å². The SMILES string of the molecule is Cc1cccc(NC(=O)CN(C2CC2)C(C)C2CC2)c1. The number of nitrogens with one attached hydrogen (secondary N) is 1. The van der Waals surface area contributed by atoms with Crippen LogP contribution in [0.4, 0.5) is 5.69 Å². The van der Waals surface area contributed by atoms with Gasteiger partial charge in [0.05, 0.1) is 6.54 Å². The standard InChI is InChI=1S/C17H24N2O/c1-12-4-3-5-15(10-12)18-17(20)11-19(16-8-9-16)13(2)14-6-7-14/h3-5,10,13-14,16H,6-9,11H2,1-2H3,(H,18,20). The van der Waals surface area contributed by atoms with Crippen LogP contribution >= 0.6 is 0 Å². The lowest BCUT2D eigenvalue weighted by Gasteiger charge is -2.28. The van der Waals surface area contributed by atoms with Crippen LogP contribution < -0.4 is 5.32 Å². The van der Waals surface area contributed by atoms with Crippen molar-refractivity contribution < 1.29 is 4.79 Å². The summed E-state index contributed by atoms with van der Waals surface area (Å²) in [5, 5.41) is 3.03. The van der Waals surface area contributed by atoms with Crippen molar-refractivity contribution in [3.63, 3.8) is 0 Å². The van der Waals surface area contributed by atoms with E-state index in [9.17, 15) is 4.79 Å². The molecule has 1 N–H and O–H groups in total. The molecule has 3 heteroatoms. The number of rotatable bonds is 6. The van der Waals surface area contributed by atoms with Crippen molar-refractivity contribution in [3.8, 4) is 0 Å². The molecule has 0 radical (unpaired) electrons. The highest BCUT2D eigenvalue weighted by Crippen LogP contribution is 2.39. The van der Waals surface area contributed by atoms with Crippen LogP contribution in [0.3, 0.4) is 0 Å². The van der Waals surface area contributed by atoms with E-state index in [1.54, 1.807) is 0 Å². The maximum Gasteiger partial charge on any atom is 0.238 e. The van der Waals surface area contributed by atoms with Gasteiger partial charge in [0, 0.05) is 17.8 Å². The smallest absolute Gasteiger partial charge is 0.238 e. The number of benzene rings is 1. The zero-order valence-electron chi connectivity index (χ0n) is 12.4. The highest BCUT2D eigenvalue weighted by Gasteiger charge is 2.39. The summed E-state index contributed by atoms with van der Waals surface area (Å²) in [6, 6.07) is 9.21. The van der Waals surface area contributed by atoms with Gasteiger partial charge >= 0.3 is 0 Å². The fourth-order valence-electron chi connectivity index (χ4n) is 2.95. The number of aryl methyl sites for hydroxylation is 1. The van der Waals surface area contributed by atoms with Gasteiger partial charge < -0.3 is 5.32 Å². The summed E-state index contributed by atoms with van der Waals surface area (Å²) in [6.45, 7) is 4.87. The summed E-state index contributed by atoms with van der Waals surface area (Å²) in [5.74, 6) is 0.942. The van der Waals surface area contributed by atoms with Crippen LogP contribution in [0.5, 0.6) is 0 Å². The Kier molecular flexibility index (Phi) is 3.79. The van der Waals surface area contributed by atoms with E-state index in [1.807, 2.05) is 31.2 Å². The molecule has 2 fully saturated rings. The third-order valence-electron chi connectivity index (χ3n) is 4.47. The first-order valence-corrected chi connectivity index (χ1v) is 7.76. The van der Waals surface area contributed by atoms with Gasteiger partial charge in [0.2, 0.25) is 5.91 Å². The van der Waals surface area contributed by atoms with E-state index in [4.69, 9.17) is 0 Å². The highest BCUT2D eigenvalue weighted by atomic mass is 16.2. The fourth-order valence-corrected chi connectivity index (χ4v) is 2.95. The van der Waals surface area contributed by atoms with Crippen molar-refractivity contribution >= 4 is 11.6 Å². The molecule has 0 heterocycles. The molecule has 2 saturated carbocycles. The highest BCUT2D eigenvalue weighted by molar-refractivity contribution is 5.92. The molecular weight excluding hydrogens is 248 g/mol. The van der Waals surface area contributed by atoms with E-state index in [-0.39, 0.29) is 5.91 Å². The topological polar surface area (TPSA) is 32.3 Å². The van der Waals surface area contributed by atoms with Gasteiger partial charge in [-0.3, -0.25) is 9.69 Å². The lowest BCUT2D eigenvalue weighted by atomic mass is 10.1. The number of hydrogen-bond acceptors (Lipinski definition) is 2. The maximum absolute atomic E-state index is 12.3. The van der Waals surface area contributed by atoms with Crippen LogP contribution in [0.1, 0.15) is 38.2 Å². The average molecular weight is 272 g/mol. The molecule has 2 aliphatic carbocycles. The van der Waals surface area contributed by atoms with E-state index in [0.29, 0.717) is 18.6 Å². The quantitative estimate of drug-likeness (QED) is 0.862. The molecule has 1 aromatic rings. The van der Waals surface area contributed by atoms with Crippen molar-refractivity contribution in [1.82, 2.24) is 4.90 Å². The number of anilines is 1. The average Bonchev–Trinajstić information content (AvgIpc) is 3.28. The first-order valence-electron chi connectivity index (χ1n) is 7.76. The molecule has 0 aromatic heterocycles. The predicted molar refractivity (Wildman–Crippen MR) is 81.7 cm³/mol. The molecule has 3 rings (SSSR count). The number of nitrogens with zero attached hydrogens (tertiary/aromatic N) is 1. The fraction of sp³-hybridized carbons (Fsp3) is 0.588. The largest absolute Gasteiger partial charge is 0.325 e. The first-order chi connectivity index (χ1) is 9.63. The van der Waals surface area contributed by atoms with Crippen LogP contribution in [0.15, 0.2) is 24.3 Å². The summed E-state index contributed by atoms with van der Waals surface area (Å²) in [6.07, 6.45) is 5.19. The number of carbonyl (C=O) groups excluding carboxylic acids is 1. The normalized spacial score (nSPS) is 19.9. The van der Waals surface area contributed by atoms with E-state index in [1.165, 1.54) is 31.2 Å². The van der Waals surface area contributed by atoms with Gasteiger partial charge in [-0.1, -0.05) is 12.1 Å². The van der Waals surface area contributed by atoms with E-state index >= 15 is 0 Å². The van der Waals surface area contributed by atoms with E-state index in [2.05, 4.69) is 17.1 Å². The Morgan fingerprint density at radius 2 is 2.10 bits per heavy atom. The second-order valence-corrected chi connectivity index (χ2v) is 6.40. The van der Waals surface area contributed by atoms with Gasteiger partial charge in [0.15, 0.2) is 0 Å². The molecule has 20 heavy (non-hydrogen) atoms. The molecule has 0 saturated heterocycles. The minimum absolute atomic E-state index is 0.120. The van der Waals surface area contributed by atoms with Crippen LogP contribution in [-0.4, -0.2) is 29.4 Å². The Balaban J connectivity index is 1.58. The monoisotopic (exact) mass is 272 g/mol. The van der Waals surface area contributed by atoms with Crippen LogP contribution in [0.2, 0.25) is 0 Å².